The molecule has 1 aromatic heterocycles. The number of aromatic nitrogens is 2. The minimum absolute atomic E-state index is 0.00714. The van der Waals surface area contributed by atoms with Crippen LogP contribution in [-0.2, 0) is 16.1 Å². The van der Waals surface area contributed by atoms with Crippen LogP contribution in [0.3, 0.4) is 0 Å². The molecule has 0 spiro atoms. The third kappa shape index (κ3) is 7.33. The predicted octanol–water partition coefficient (Wildman–Crippen LogP) is 3.75. The van der Waals surface area contributed by atoms with Gasteiger partial charge in [-0.25, -0.2) is 14.6 Å². The minimum Gasteiger partial charge on any atom is -0.480 e. The fraction of sp³-hybridized carbons (Fsp3) is 0.267. The number of fused-ring (bicyclic) bond motifs is 1. The molecule has 212 valence electrons. The summed E-state index contributed by atoms with van der Waals surface area (Å²) in [6, 6.07) is 23.1. The summed E-state index contributed by atoms with van der Waals surface area (Å²) in [6.45, 7) is 1.43. The minimum atomic E-state index is -1.34. The largest absolute Gasteiger partial charge is 0.480 e. The molecular formula is C30H32N6O5. The Labute approximate surface area is 236 Å². The van der Waals surface area contributed by atoms with Crippen molar-refractivity contribution < 1.29 is 24.2 Å². The highest BCUT2D eigenvalue weighted by Gasteiger charge is 2.23. The molecule has 5 N–H and O–H groups in total. The predicted molar refractivity (Wildman–Crippen MR) is 155 cm³/mol. The highest BCUT2D eigenvalue weighted by Crippen LogP contribution is 2.23. The topological polar surface area (TPSA) is 149 Å². The Bertz CT molecular complexity index is 1450. The number of para-hydroxylation sites is 2. The molecule has 0 saturated carbocycles. The van der Waals surface area contributed by atoms with Crippen LogP contribution in [0, 0.1) is 0 Å². The van der Waals surface area contributed by atoms with Gasteiger partial charge in [0.15, 0.2) is 0 Å². The number of nitrogens with one attached hydrogen (secondary N) is 4. The third-order valence-corrected chi connectivity index (χ3v) is 6.99. The summed E-state index contributed by atoms with van der Waals surface area (Å²) < 4.78 is 5.08. The van der Waals surface area contributed by atoms with E-state index in [1.54, 1.807) is 24.3 Å². The smallest absolute Gasteiger partial charge is 0.408 e. The standard InChI is InChI=1S/C30H32N6O5/c37-27(31-18-26(28(38)39)35-30(40)41-19-20-6-2-1-3-7-20)21-10-12-23(13-11-21)36-16-14-22(15-17-36)32-29-33-24-8-4-5-9-25(24)34-29/h1-13,22,26H,14-19H2,(H,31,37)(H,35,40)(H,38,39)(H2,32,33,34). The molecule has 4 aromatic rings. The number of anilines is 2. The first-order chi connectivity index (χ1) is 19.9. The normalized spacial score (nSPS) is 14.3. The summed E-state index contributed by atoms with van der Waals surface area (Å²) in [4.78, 5) is 46.5. The summed E-state index contributed by atoms with van der Waals surface area (Å²) in [5.41, 5.74) is 4.12. The van der Waals surface area contributed by atoms with Crippen molar-refractivity contribution in [3.8, 4) is 0 Å². The number of hydrogen-bond acceptors (Lipinski definition) is 7. The van der Waals surface area contributed by atoms with Crippen molar-refractivity contribution in [2.45, 2.75) is 31.5 Å². The van der Waals surface area contributed by atoms with E-state index < -0.39 is 24.0 Å². The first-order valence-electron chi connectivity index (χ1n) is 13.5. The number of hydrogen-bond donors (Lipinski definition) is 5. The zero-order valence-corrected chi connectivity index (χ0v) is 22.4. The Morgan fingerprint density at radius 1 is 0.976 bits per heavy atom. The average molecular weight is 557 g/mol. The van der Waals surface area contributed by atoms with Gasteiger partial charge in [0.25, 0.3) is 5.91 Å². The van der Waals surface area contributed by atoms with E-state index in [0.717, 1.165) is 54.2 Å². The number of carboxylic acids is 1. The number of nitrogens with zero attached hydrogens (tertiary/aromatic N) is 2. The van der Waals surface area contributed by atoms with Crippen LogP contribution >= 0.6 is 0 Å². The molecule has 2 heterocycles. The van der Waals surface area contributed by atoms with E-state index in [1.165, 1.54) is 0 Å². The maximum atomic E-state index is 12.7. The Morgan fingerprint density at radius 3 is 2.39 bits per heavy atom. The lowest BCUT2D eigenvalue weighted by atomic mass is 10.0. The number of piperidine rings is 1. The molecule has 1 fully saturated rings. The second-order valence-corrected chi connectivity index (χ2v) is 9.86. The van der Waals surface area contributed by atoms with Crippen LogP contribution in [0.5, 0.6) is 0 Å². The number of H-pyrrole nitrogens is 1. The molecule has 11 nitrogen and oxygen atoms in total. The van der Waals surface area contributed by atoms with Gasteiger partial charge in [0, 0.05) is 36.9 Å². The maximum Gasteiger partial charge on any atom is 0.408 e. The second-order valence-electron chi connectivity index (χ2n) is 9.86. The zero-order valence-electron chi connectivity index (χ0n) is 22.4. The van der Waals surface area contributed by atoms with Gasteiger partial charge in [0.05, 0.1) is 11.0 Å². The van der Waals surface area contributed by atoms with Gasteiger partial charge in [-0.1, -0.05) is 42.5 Å². The first kappa shape index (κ1) is 27.5. The maximum absolute atomic E-state index is 12.7. The van der Waals surface area contributed by atoms with Gasteiger partial charge in [-0.2, -0.15) is 0 Å². The van der Waals surface area contributed by atoms with Gasteiger partial charge in [-0.3, -0.25) is 4.79 Å². The molecule has 1 atom stereocenters. The van der Waals surface area contributed by atoms with E-state index in [2.05, 4.69) is 30.8 Å². The number of rotatable bonds is 10. The summed E-state index contributed by atoms with van der Waals surface area (Å²) in [5, 5.41) is 17.8. The van der Waals surface area contributed by atoms with E-state index in [9.17, 15) is 19.5 Å². The summed E-state index contributed by atoms with van der Waals surface area (Å²) in [6.07, 6.45) is 1.00. The Kier molecular flexibility index (Phi) is 8.63. The van der Waals surface area contributed by atoms with Crippen LogP contribution in [0.4, 0.5) is 16.4 Å². The number of aliphatic carboxylic acids is 1. The van der Waals surface area contributed by atoms with Gasteiger partial charge in [0.1, 0.15) is 12.6 Å². The van der Waals surface area contributed by atoms with Crippen molar-refractivity contribution in [2.75, 3.05) is 29.9 Å². The fourth-order valence-electron chi connectivity index (χ4n) is 4.72. The molecule has 5 rings (SSSR count). The number of benzene rings is 3. The van der Waals surface area contributed by atoms with Crippen molar-refractivity contribution in [1.82, 2.24) is 20.6 Å². The molecule has 41 heavy (non-hydrogen) atoms. The second kappa shape index (κ2) is 12.9. The van der Waals surface area contributed by atoms with E-state index in [1.807, 2.05) is 54.6 Å². The quantitative estimate of drug-likeness (QED) is 0.198. The van der Waals surface area contributed by atoms with E-state index >= 15 is 0 Å². The number of amides is 2. The summed E-state index contributed by atoms with van der Waals surface area (Å²) >= 11 is 0. The molecule has 1 aliphatic rings. The van der Waals surface area contributed by atoms with Crippen LogP contribution in [-0.4, -0.2) is 64.8 Å². The highest BCUT2D eigenvalue weighted by molar-refractivity contribution is 5.95. The molecule has 1 saturated heterocycles. The van der Waals surface area contributed by atoms with Crippen LogP contribution in [0.1, 0.15) is 28.8 Å². The first-order valence-corrected chi connectivity index (χ1v) is 13.5. The lowest BCUT2D eigenvalue weighted by Crippen LogP contribution is -2.48. The molecule has 3 aromatic carbocycles. The monoisotopic (exact) mass is 556 g/mol. The van der Waals surface area contributed by atoms with Crippen molar-refractivity contribution in [3.63, 3.8) is 0 Å². The van der Waals surface area contributed by atoms with Gasteiger partial charge in [-0.15, -0.1) is 0 Å². The molecule has 0 aliphatic carbocycles. The van der Waals surface area contributed by atoms with Gasteiger partial charge < -0.3 is 35.7 Å². The van der Waals surface area contributed by atoms with Crippen molar-refractivity contribution in [3.05, 3.63) is 90.0 Å². The number of imidazole rings is 1. The molecular weight excluding hydrogens is 524 g/mol. The lowest BCUT2D eigenvalue weighted by molar-refractivity contribution is -0.139. The van der Waals surface area contributed by atoms with Crippen LogP contribution in [0.15, 0.2) is 78.9 Å². The molecule has 11 heteroatoms. The number of aromatic amines is 1. The van der Waals surface area contributed by atoms with Crippen LogP contribution in [0.25, 0.3) is 11.0 Å². The SMILES string of the molecule is O=C(NC(CNC(=O)c1ccc(N2CCC(Nc3nc4ccccc4[nH]3)CC2)cc1)C(=O)O)OCc1ccccc1. The van der Waals surface area contributed by atoms with Gasteiger partial charge >= 0.3 is 12.1 Å². The number of alkyl carbamates (subject to hydrolysis) is 1. The molecule has 0 bridgehead atoms. The van der Waals surface area contributed by atoms with Gasteiger partial charge in [0.2, 0.25) is 5.95 Å². The number of carbonyl (C=O) groups excluding carboxylic acids is 2. The number of carboxylic acid groups (broad SMARTS) is 1. The Hall–Kier alpha value is -5.06. The van der Waals surface area contributed by atoms with Crippen LogP contribution in [0.2, 0.25) is 0 Å². The van der Waals surface area contributed by atoms with Crippen molar-refractivity contribution in [2.24, 2.45) is 0 Å². The highest BCUT2D eigenvalue weighted by atomic mass is 16.5. The summed E-state index contributed by atoms with van der Waals surface area (Å²) in [7, 11) is 0. The third-order valence-electron chi connectivity index (χ3n) is 6.99. The van der Waals surface area contributed by atoms with E-state index in [4.69, 9.17) is 4.74 Å². The average Bonchev–Trinajstić information content (AvgIpc) is 3.41. The molecule has 2 amide bonds. The Balaban J connectivity index is 1.07. The number of ether oxygens (including phenoxy) is 1. The van der Waals surface area contributed by atoms with Gasteiger partial charge in [-0.05, 0) is 54.8 Å². The van der Waals surface area contributed by atoms with Crippen molar-refractivity contribution in [1.29, 1.82) is 0 Å². The van der Waals surface area contributed by atoms with Crippen molar-refractivity contribution >= 4 is 40.6 Å². The molecule has 0 radical (unpaired) electrons. The Morgan fingerprint density at radius 2 is 1.68 bits per heavy atom. The molecule has 1 unspecified atom stereocenters. The number of carbonyl (C=O) groups is 3. The lowest BCUT2D eigenvalue weighted by Gasteiger charge is -2.34. The molecule has 1 aliphatic heterocycles. The summed E-state index contributed by atoms with van der Waals surface area (Å²) in [5.74, 6) is -0.934. The van der Waals surface area contributed by atoms with Crippen LogP contribution < -0.4 is 20.9 Å². The zero-order chi connectivity index (χ0) is 28.6. The van der Waals surface area contributed by atoms with E-state index in [0.29, 0.717) is 11.6 Å². The fourth-order valence-corrected chi connectivity index (χ4v) is 4.72. The van der Waals surface area contributed by atoms with E-state index in [-0.39, 0.29) is 13.2 Å².